The first kappa shape index (κ1) is 19.8. The van der Waals surface area contributed by atoms with Crippen molar-refractivity contribution < 1.29 is 10.2 Å². The van der Waals surface area contributed by atoms with Crippen molar-refractivity contribution in [1.82, 2.24) is 4.90 Å². The summed E-state index contributed by atoms with van der Waals surface area (Å²) in [5, 5.41) is 21.0. The summed E-state index contributed by atoms with van der Waals surface area (Å²) in [4.78, 5) is 2.39. The Kier molecular flexibility index (Phi) is 6.84. The van der Waals surface area contributed by atoms with E-state index in [0.717, 1.165) is 19.5 Å². The van der Waals surface area contributed by atoms with Gasteiger partial charge >= 0.3 is 0 Å². The number of aliphatic hydroxyl groups excluding tert-OH is 2. The molecule has 0 radical (unpaired) electrons. The Balaban J connectivity index is 1.78. The fraction of sp³-hybridized carbons (Fsp3) is 0.417. The predicted octanol–water partition coefficient (Wildman–Crippen LogP) is 3.77. The number of piperidine rings is 1. The molecule has 144 valence electrons. The lowest BCUT2D eigenvalue weighted by Gasteiger charge is -2.45. The quantitative estimate of drug-likeness (QED) is 0.785. The molecule has 0 aromatic heterocycles. The van der Waals surface area contributed by atoms with Crippen LogP contribution in [-0.2, 0) is 6.42 Å². The lowest BCUT2D eigenvalue weighted by molar-refractivity contribution is -0.0718. The fourth-order valence-corrected chi connectivity index (χ4v) is 4.18. The van der Waals surface area contributed by atoms with Gasteiger partial charge in [0.05, 0.1) is 12.7 Å². The van der Waals surface area contributed by atoms with Crippen molar-refractivity contribution >= 4 is 5.57 Å². The predicted molar refractivity (Wildman–Crippen MR) is 111 cm³/mol. The van der Waals surface area contributed by atoms with E-state index < -0.39 is 11.5 Å². The molecule has 1 aliphatic heterocycles. The number of nitrogens with zero attached hydrogens (tertiary/aromatic N) is 1. The van der Waals surface area contributed by atoms with Crippen molar-refractivity contribution in [2.45, 2.75) is 32.3 Å². The van der Waals surface area contributed by atoms with Gasteiger partial charge in [-0.2, -0.15) is 0 Å². The highest BCUT2D eigenvalue weighted by molar-refractivity contribution is 5.66. The molecule has 1 fully saturated rings. The Morgan fingerprint density at radius 2 is 1.78 bits per heavy atom. The van der Waals surface area contributed by atoms with E-state index in [0.29, 0.717) is 19.4 Å². The molecule has 0 saturated carbocycles. The Morgan fingerprint density at radius 1 is 1.11 bits per heavy atom. The SMILES string of the molecule is CC/C=C(/CN1CC[C@H](O)[C@](CO)(Cc2ccccc2)C1)c1ccccc1. The molecule has 3 nitrogen and oxygen atoms in total. The van der Waals surface area contributed by atoms with Gasteiger partial charge in [0.1, 0.15) is 0 Å². The van der Waals surface area contributed by atoms with Gasteiger partial charge in [0.2, 0.25) is 0 Å². The van der Waals surface area contributed by atoms with Crippen LogP contribution in [0.2, 0.25) is 0 Å². The van der Waals surface area contributed by atoms with Crippen LogP contribution in [0.25, 0.3) is 5.57 Å². The van der Waals surface area contributed by atoms with E-state index in [-0.39, 0.29) is 6.61 Å². The third kappa shape index (κ3) is 4.86. The maximum Gasteiger partial charge on any atom is 0.0646 e. The zero-order valence-corrected chi connectivity index (χ0v) is 16.2. The Bertz CT molecular complexity index is 729. The Morgan fingerprint density at radius 3 is 2.41 bits per heavy atom. The van der Waals surface area contributed by atoms with Crippen molar-refractivity contribution in [3.05, 3.63) is 77.9 Å². The number of hydrogen-bond acceptors (Lipinski definition) is 3. The van der Waals surface area contributed by atoms with Gasteiger partial charge in [-0.25, -0.2) is 0 Å². The Labute approximate surface area is 163 Å². The second-order valence-corrected chi connectivity index (χ2v) is 7.70. The van der Waals surface area contributed by atoms with E-state index >= 15 is 0 Å². The third-order valence-corrected chi connectivity index (χ3v) is 5.67. The van der Waals surface area contributed by atoms with Crippen LogP contribution >= 0.6 is 0 Å². The van der Waals surface area contributed by atoms with Gasteiger partial charge in [-0.15, -0.1) is 0 Å². The summed E-state index contributed by atoms with van der Waals surface area (Å²) in [5.41, 5.74) is 3.23. The van der Waals surface area contributed by atoms with Crippen molar-refractivity contribution in [3.8, 4) is 0 Å². The summed E-state index contributed by atoms with van der Waals surface area (Å²) in [7, 11) is 0. The minimum absolute atomic E-state index is 0.00226. The van der Waals surface area contributed by atoms with Crippen molar-refractivity contribution in [3.63, 3.8) is 0 Å². The molecule has 3 rings (SSSR count). The first-order valence-corrected chi connectivity index (χ1v) is 9.96. The summed E-state index contributed by atoms with van der Waals surface area (Å²) >= 11 is 0. The number of hydrogen-bond donors (Lipinski definition) is 2. The van der Waals surface area contributed by atoms with E-state index in [9.17, 15) is 10.2 Å². The van der Waals surface area contributed by atoms with E-state index in [2.05, 4.69) is 54.3 Å². The van der Waals surface area contributed by atoms with E-state index in [1.165, 1.54) is 16.7 Å². The zero-order chi connectivity index (χ0) is 19.1. The normalized spacial score (nSPS) is 24.1. The maximum atomic E-state index is 10.8. The van der Waals surface area contributed by atoms with E-state index in [4.69, 9.17) is 0 Å². The topological polar surface area (TPSA) is 43.7 Å². The highest BCUT2D eigenvalue weighted by Gasteiger charge is 2.42. The molecule has 0 bridgehead atoms. The minimum atomic E-state index is -0.506. The molecule has 1 aliphatic rings. The van der Waals surface area contributed by atoms with Gasteiger partial charge in [0.15, 0.2) is 0 Å². The molecule has 0 spiro atoms. The molecule has 2 aromatic rings. The molecule has 2 aromatic carbocycles. The number of rotatable bonds is 7. The van der Waals surface area contributed by atoms with Crippen LogP contribution in [0.5, 0.6) is 0 Å². The molecule has 3 heteroatoms. The largest absolute Gasteiger partial charge is 0.396 e. The number of benzene rings is 2. The summed E-state index contributed by atoms with van der Waals surface area (Å²) in [6, 6.07) is 20.7. The monoisotopic (exact) mass is 365 g/mol. The van der Waals surface area contributed by atoms with Crippen LogP contribution in [-0.4, -0.2) is 47.5 Å². The molecule has 0 amide bonds. The third-order valence-electron chi connectivity index (χ3n) is 5.67. The van der Waals surface area contributed by atoms with Gasteiger partial charge in [-0.3, -0.25) is 4.90 Å². The van der Waals surface area contributed by atoms with Crippen LogP contribution in [0.4, 0.5) is 0 Å². The van der Waals surface area contributed by atoms with Crippen molar-refractivity contribution in [1.29, 1.82) is 0 Å². The first-order valence-electron chi connectivity index (χ1n) is 9.96. The summed E-state index contributed by atoms with van der Waals surface area (Å²) in [6.45, 7) is 4.56. The van der Waals surface area contributed by atoms with Crippen LogP contribution in [0.1, 0.15) is 30.9 Å². The molecule has 2 atom stereocenters. The zero-order valence-electron chi connectivity index (χ0n) is 16.2. The Hall–Kier alpha value is -1.94. The molecular formula is C24H31NO2. The lowest BCUT2D eigenvalue weighted by Crippen LogP contribution is -2.55. The second kappa shape index (κ2) is 9.32. The molecule has 1 heterocycles. The first-order chi connectivity index (χ1) is 13.2. The maximum absolute atomic E-state index is 10.8. The van der Waals surface area contributed by atoms with E-state index in [1.54, 1.807) is 0 Å². The molecule has 1 saturated heterocycles. The molecular weight excluding hydrogens is 334 g/mol. The summed E-state index contributed by atoms with van der Waals surface area (Å²) in [6.07, 6.45) is 4.20. The average Bonchev–Trinajstić information content (AvgIpc) is 2.71. The van der Waals surface area contributed by atoms with Crippen molar-refractivity contribution in [2.24, 2.45) is 5.41 Å². The smallest absolute Gasteiger partial charge is 0.0646 e. The summed E-state index contributed by atoms with van der Waals surface area (Å²) in [5.74, 6) is 0. The van der Waals surface area contributed by atoms with Crippen LogP contribution < -0.4 is 0 Å². The number of likely N-dealkylation sites (tertiary alicyclic amines) is 1. The number of allylic oxidation sites excluding steroid dienone is 1. The highest BCUT2D eigenvalue weighted by Crippen LogP contribution is 2.34. The van der Waals surface area contributed by atoms with Crippen LogP contribution in [0.3, 0.4) is 0 Å². The standard InChI is InChI=1S/C24H31NO2/c1-2-9-22(21-12-7-4-8-13-21)17-25-15-14-23(27)24(18-25,19-26)16-20-10-5-3-6-11-20/h3-13,23,26-27H,2,14-19H2,1H3/b22-9-/t23-,24+/m0/s1. The highest BCUT2D eigenvalue weighted by atomic mass is 16.3. The second-order valence-electron chi connectivity index (χ2n) is 7.70. The van der Waals surface area contributed by atoms with Crippen LogP contribution in [0.15, 0.2) is 66.7 Å². The van der Waals surface area contributed by atoms with Gasteiger partial charge in [0, 0.05) is 25.0 Å². The number of aliphatic hydroxyl groups is 2. The van der Waals surface area contributed by atoms with Gasteiger partial charge in [0.25, 0.3) is 0 Å². The average molecular weight is 366 g/mol. The minimum Gasteiger partial charge on any atom is -0.396 e. The van der Waals surface area contributed by atoms with Gasteiger partial charge in [-0.1, -0.05) is 73.7 Å². The van der Waals surface area contributed by atoms with Gasteiger partial charge in [-0.05, 0) is 36.0 Å². The van der Waals surface area contributed by atoms with Gasteiger partial charge < -0.3 is 10.2 Å². The molecule has 2 N–H and O–H groups in total. The van der Waals surface area contributed by atoms with Crippen molar-refractivity contribution in [2.75, 3.05) is 26.2 Å². The summed E-state index contributed by atoms with van der Waals surface area (Å²) < 4.78 is 0. The molecule has 0 aliphatic carbocycles. The molecule has 27 heavy (non-hydrogen) atoms. The van der Waals surface area contributed by atoms with E-state index in [1.807, 2.05) is 24.3 Å². The van der Waals surface area contributed by atoms with Crippen LogP contribution in [0, 0.1) is 5.41 Å². The lowest BCUT2D eigenvalue weighted by atomic mass is 9.73. The fourth-order valence-electron chi connectivity index (χ4n) is 4.18. The molecule has 0 unspecified atom stereocenters.